The highest BCUT2D eigenvalue weighted by atomic mass is 16.1. The van der Waals surface area contributed by atoms with Gasteiger partial charge in [0.2, 0.25) is 0 Å². The molecule has 5 heteroatoms. The quantitative estimate of drug-likeness (QED) is 0.342. The van der Waals surface area contributed by atoms with Crippen molar-refractivity contribution in [3.05, 3.63) is 53.4 Å². The highest BCUT2D eigenvalue weighted by Gasteiger charge is 2.21. The molecule has 5 nitrogen and oxygen atoms in total. The molecule has 0 fully saturated rings. The van der Waals surface area contributed by atoms with Crippen LogP contribution >= 0.6 is 0 Å². The molecule has 1 aromatic rings. The van der Waals surface area contributed by atoms with Crippen molar-refractivity contribution in [2.45, 2.75) is 6.92 Å². The van der Waals surface area contributed by atoms with Crippen molar-refractivity contribution < 1.29 is 4.79 Å². The molecule has 0 aromatic heterocycles. The molecular weight excluding hydrogens is 276 g/mol. The van der Waals surface area contributed by atoms with E-state index in [0.29, 0.717) is 23.7 Å². The smallest absolute Gasteiger partial charge is 0.192 e. The molecule has 112 valence electrons. The first-order valence-electron chi connectivity index (χ1n) is 6.85. The number of carbonyl (C=O) groups is 1. The average Bonchev–Trinajstić information content (AvgIpc) is 2.69. The molecule has 2 rings (SSSR count). The van der Waals surface area contributed by atoms with Crippen LogP contribution in [-0.4, -0.2) is 25.2 Å². The fourth-order valence-electron chi connectivity index (χ4n) is 2.07. The van der Waals surface area contributed by atoms with Gasteiger partial charge in [-0.1, -0.05) is 24.1 Å². The topological polar surface area (TPSA) is 65.5 Å². The van der Waals surface area contributed by atoms with Gasteiger partial charge in [0.05, 0.1) is 17.8 Å². The van der Waals surface area contributed by atoms with Crippen molar-refractivity contribution >= 4 is 17.3 Å². The molecule has 1 aromatic carbocycles. The number of nitrogens with one attached hydrogen (secondary N) is 3. The van der Waals surface area contributed by atoms with Crippen LogP contribution in [0.15, 0.2) is 52.8 Å². The number of carbonyl (C=O) groups excluding carboxylic acids is 1. The summed E-state index contributed by atoms with van der Waals surface area (Å²) < 4.78 is 0. The normalized spacial score (nSPS) is 15.0. The highest BCUT2D eigenvalue weighted by molar-refractivity contribution is 6.29. The first kappa shape index (κ1) is 15.4. The van der Waals surface area contributed by atoms with Crippen molar-refractivity contribution in [1.82, 2.24) is 10.6 Å². The predicted molar refractivity (Wildman–Crippen MR) is 89.3 cm³/mol. The monoisotopic (exact) mass is 294 g/mol. The number of ketones is 1. The summed E-state index contributed by atoms with van der Waals surface area (Å²) in [5.41, 5.74) is 3.06. The maximum atomic E-state index is 12.3. The zero-order chi connectivity index (χ0) is 15.9. The summed E-state index contributed by atoms with van der Waals surface area (Å²) >= 11 is 0. The summed E-state index contributed by atoms with van der Waals surface area (Å²) in [6.07, 6.45) is 8.38. The zero-order valence-electron chi connectivity index (χ0n) is 12.6. The molecule has 0 radical (unpaired) electrons. The second-order valence-corrected chi connectivity index (χ2v) is 4.76. The molecule has 22 heavy (non-hydrogen) atoms. The average molecular weight is 294 g/mol. The molecule has 0 bridgehead atoms. The number of anilines is 1. The van der Waals surface area contributed by atoms with E-state index in [2.05, 4.69) is 27.0 Å². The van der Waals surface area contributed by atoms with Gasteiger partial charge >= 0.3 is 0 Å². The van der Waals surface area contributed by atoms with Crippen molar-refractivity contribution in [3.8, 4) is 12.5 Å². The van der Waals surface area contributed by atoms with E-state index in [9.17, 15) is 4.79 Å². The lowest BCUT2D eigenvalue weighted by atomic mass is 10.1. The Morgan fingerprint density at radius 3 is 2.73 bits per heavy atom. The fraction of sp³-hybridized carbons (Fsp3) is 0.176. The lowest BCUT2D eigenvalue weighted by molar-refractivity contribution is -0.110. The number of benzene rings is 1. The van der Waals surface area contributed by atoms with E-state index >= 15 is 0 Å². The number of hydrogen-bond acceptors (Lipinski definition) is 4. The van der Waals surface area contributed by atoms with Crippen LogP contribution in [0, 0.1) is 19.4 Å². The summed E-state index contributed by atoms with van der Waals surface area (Å²) in [5.74, 6) is 0.308. The zero-order valence-corrected chi connectivity index (χ0v) is 12.6. The third kappa shape index (κ3) is 3.55. The third-order valence-electron chi connectivity index (χ3n) is 3.18. The molecule has 1 aliphatic rings. The predicted octanol–water partition coefficient (Wildman–Crippen LogP) is 1.56. The van der Waals surface area contributed by atoms with Crippen LogP contribution in [0.5, 0.6) is 0 Å². The molecule has 0 saturated heterocycles. The van der Waals surface area contributed by atoms with Crippen molar-refractivity contribution in [1.29, 1.82) is 0 Å². The van der Waals surface area contributed by atoms with Gasteiger partial charge in [0.25, 0.3) is 0 Å². The van der Waals surface area contributed by atoms with Crippen LogP contribution in [0.4, 0.5) is 5.69 Å². The largest absolute Gasteiger partial charge is 0.385 e. The van der Waals surface area contributed by atoms with Gasteiger partial charge in [-0.15, -0.1) is 0 Å². The second kappa shape index (κ2) is 7.14. The summed E-state index contributed by atoms with van der Waals surface area (Å²) in [6.45, 7) is 2.44. The molecule has 0 aliphatic carbocycles. The molecule has 0 amide bonds. The van der Waals surface area contributed by atoms with E-state index in [4.69, 9.17) is 6.42 Å². The summed E-state index contributed by atoms with van der Waals surface area (Å²) in [5, 5.41) is 8.94. The van der Waals surface area contributed by atoms with Crippen LogP contribution in [-0.2, 0) is 4.79 Å². The van der Waals surface area contributed by atoms with Crippen LogP contribution in [0.2, 0.25) is 0 Å². The first-order valence-corrected chi connectivity index (χ1v) is 6.85. The van der Waals surface area contributed by atoms with Crippen molar-refractivity contribution in [2.75, 3.05) is 18.9 Å². The Labute approximate surface area is 130 Å². The molecule has 1 heterocycles. The van der Waals surface area contributed by atoms with Crippen LogP contribution in [0.25, 0.3) is 0 Å². The van der Waals surface area contributed by atoms with Gasteiger partial charge in [-0.2, -0.15) is 0 Å². The SMILES string of the molecule is C#CNC1=C(C(=NC)Nc2ccc(C)cc2)C(=O)C=CNC1. The Morgan fingerprint density at radius 1 is 1.36 bits per heavy atom. The summed E-state index contributed by atoms with van der Waals surface area (Å²) in [4.78, 5) is 16.5. The van der Waals surface area contributed by atoms with E-state index in [1.165, 1.54) is 6.08 Å². The van der Waals surface area contributed by atoms with Gasteiger partial charge in [-0.25, -0.2) is 0 Å². The number of aryl methyl sites for hydroxylation is 1. The van der Waals surface area contributed by atoms with E-state index in [1.807, 2.05) is 31.2 Å². The van der Waals surface area contributed by atoms with Gasteiger partial charge in [0.1, 0.15) is 5.84 Å². The van der Waals surface area contributed by atoms with Crippen molar-refractivity contribution in [2.24, 2.45) is 4.99 Å². The van der Waals surface area contributed by atoms with Crippen LogP contribution < -0.4 is 16.0 Å². The lowest BCUT2D eigenvalue weighted by Crippen LogP contribution is -2.27. The number of allylic oxidation sites excluding steroid dienone is 1. The highest BCUT2D eigenvalue weighted by Crippen LogP contribution is 2.14. The minimum Gasteiger partial charge on any atom is -0.385 e. The minimum absolute atomic E-state index is 0.164. The standard InChI is InChI=1S/C17H18N4O/c1-4-20-14-11-19-10-9-15(22)16(14)17(18-3)21-13-7-5-12(2)6-8-13/h1,5-10,19-20H,11H2,2-3H3,(H,18,21). The Morgan fingerprint density at radius 2 is 2.09 bits per heavy atom. The maximum absolute atomic E-state index is 12.3. The molecular formula is C17H18N4O. The molecule has 0 atom stereocenters. The van der Waals surface area contributed by atoms with E-state index in [0.717, 1.165) is 11.3 Å². The van der Waals surface area contributed by atoms with Crippen LogP contribution in [0.1, 0.15) is 5.56 Å². The number of rotatable bonds is 3. The third-order valence-corrected chi connectivity index (χ3v) is 3.18. The Kier molecular flexibility index (Phi) is 4.99. The second-order valence-electron chi connectivity index (χ2n) is 4.76. The molecule has 0 saturated carbocycles. The summed E-state index contributed by atoms with van der Waals surface area (Å²) in [7, 11) is 1.63. The number of aliphatic imine (C=N–C) groups is 1. The fourth-order valence-corrected chi connectivity index (χ4v) is 2.07. The lowest BCUT2D eigenvalue weighted by Gasteiger charge is -2.15. The number of hydrogen-bond donors (Lipinski definition) is 3. The van der Waals surface area contributed by atoms with Crippen molar-refractivity contribution in [3.63, 3.8) is 0 Å². The Hall–Kier alpha value is -3.00. The van der Waals surface area contributed by atoms with E-state index in [1.54, 1.807) is 13.2 Å². The van der Waals surface area contributed by atoms with Gasteiger partial charge in [0.15, 0.2) is 5.78 Å². The Balaban J connectivity index is 2.38. The van der Waals surface area contributed by atoms with Gasteiger partial charge in [-0.05, 0) is 19.1 Å². The maximum Gasteiger partial charge on any atom is 0.192 e. The number of amidine groups is 1. The van der Waals surface area contributed by atoms with Gasteiger partial charge in [0, 0.05) is 31.1 Å². The first-order chi connectivity index (χ1) is 10.7. The number of terminal acetylenes is 1. The molecule has 1 aliphatic heterocycles. The van der Waals surface area contributed by atoms with Gasteiger partial charge in [-0.3, -0.25) is 9.79 Å². The summed E-state index contributed by atoms with van der Waals surface area (Å²) in [6, 6.07) is 10.2. The number of nitrogens with zero attached hydrogens (tertiary/aromatic N) is 1. The Bertz CT molecular complexity index is 690. The van der Waals surface area contributed by atoms with Crippen LogP contribution in [0.3, 0.4) is 0 Å². The van der Waals surface area contributed by atoms with E-state index < -0.39 is 0 Å². The minimum atomic E-state index is -0.164. The molecule has 0 spiro atoms. The van der Waals surface area contributed by atoms with E-state index in [-0.39, 0.29) is 5.78 Å². The molecule has 3 N–H and O–H groups in total. The van der Waals surface area contributed by atoms with Gasteiger partial charge < -0.3 is 16.0 Å². The molecule has 0 unspecified atom stereocenters.